The van der Waals surface area contributed by atoms with E-state index in [0.717, 1.165) is 36.9 Å². The Labute approximate surface area is 155 Å². The number of benzene rings is 2. The Morgan fingerprint density at radius 3 is 2.42 bits per heavy atom. The fourth-order valence-electron chi connectivity index (χ4n) is 4.53. The van der Waals surface area contributed by atoms with Gasteiger partial charge in [-0.2, -0.15) is 0 Å². The molecule has 3 aliphatic rings. The monoisotopic (exact) mass is 347 g/mol. The Hall–Kier alpha value is -2.26. The lowest BCUT2D eigenvalue weighted by molar-refractivity contribution is 0.171. The van der Waals surface area contributed by atoms with Crippen molar-refractivity contribution in [3.05, 3.63) is 65.2 Å². The molecule has 3 nitrogen and oxygen atoms in total. The highest BCUT2D eigenvalue weighted by atomic mass is 16.6. The number of fused-ring (bicyclic) bond motifs is 2. The fraction of sp³-hybridized carbons (Fsp3) is 0.391. The number of rotatable bonds is 3. The third kappa shape index (κ3) is 3.12. The maximum Gasteiger partial charge on any atom is 0.161 e. The molecule has 0 saturated heterocycles. The summed E-state index contributed by atoms with van der Waals surface area (Å²) in [5.74, 6) is 2.54. The van der Waals surface area contributed by atoms with Crippen LogP contribution < -0.4 is 9.47 Å². The van der Waals surface area contributed by atoms with Crippen molar-refractivity contribution in [1.29, 1.82) is 0 Å². The van der Waals surface area contributed by atoms with Gasteiger partial charge in [-0.3, -0.25) is 4.90 Å². The van der Waals surface area contributed by atoms with E-state index in [4.69, 9.17) is 9.47 Å². The van der Waals surface area contributed by atoms with Crippen LogP contribution in [0.1, 0.15) is 23.1 Å². The summed E-state index contributed by atoms with van der Waals surface area (Å²) in [5, 5.41) is 0. The minimum Gasteiger partial charge on any atom is -0.486 e. The minimum atomic E-state index is 0.646. The molecule has 26 heavy (non-hydrogen) atoms. The Bertz CT molecular complexity index is 817. The van der Waals surface area contributed by atoms with Crippen LogP contribution in [-0.2, 0) is 12.8 Å². The van der Waals surface area contributed by atoms with Crippen LogP contribution in [0.4, 0.5) is 0 Å². The van der Waals surface area contributed by atoms with Crippen molar-refractivity contribution >= 4 is 5.57 Å². The summed E-state index contributed by atoms with van der Waals surface area (Å²) >= 11 is 0. The third-order valence-corrected chi connectivity index (χ3v) is 5.86. The van der Waals surface area contributed by atoms with Gasteiger partial charge in [-0.05, 0) is 59.6 Å². The molecular formula is C23H25NO2. The van der Waals surface area contributed by atoms with Gasteiger partial charge in [0.25, 0.3) is 0 Å². The van der Waals surface area contributed by atoms with Crippen LogP contribution in [0, 0.1) is 5.92 Å². The standard InChI is InChI=1S/C23H25NO2/c1-2-4-20-14-17(13-19(20)3-1)16-24-9-7-18(8-10-24)21-5-6-22-23(15-21)26-12-11-25-22/h1-7,15,17H,8-14,16H2. The van der Waals surface area contributed by atoms with Crippen molar-refractivity contribution in [2.45, 2.75) is 19.3 Å². The molecule has 0 N–H and O–H groups in total. The molecule has 2 heterocycles. The van der Waals surface area contributed by atoms with E-state index in [9.17, 15) is 0 Å². The van der Waals surface area contributed by atoms with Crippen molar-refractivity contribution in [1.82, 2.24) is 4.90 Å². The lowest BCUT2D eigenvalue weighted by Gasteiger charge is -2.29. The van der Waals surface area contributed by atoms with Crippen LogP contribution in [0.15, 0.2) is 48.5 Å². The van der Waals surface area contributed by atoms with E-state index in [2.05, 4.69) is 47.4 Å². The van der Waals surface area contributed by atoms with Gasteiger partial charge < -0.3 is 9.47 Å². The number of ether oxygens (including phenoxy) is 2. The lowest BCUT2D eigenvalue weighted by atomic mass is 9.97. The first-order valence-electron chi connectivity index (χ1n) is 9.73. The quantitative estimate of drug-likeness (QED) is 0.839. The van der Waals surface area contributed by atoms with Crippen LogP contribution in [-0.4, -0.2) is 37.7 Å². The molecule has 0 bridgehead atoms. The summed E-state index contributed by atoms with van der Waals surface area (Å²) in [6, 6.07) is 15.3. The first-order valence-corrected chi connectivity index (χ1v) is 9.73. The molecule has 2 aromatic carbocycles. The first kappa shape index (κ1) is 16.0. The largest absolute Gasteiger partial charge is 0.486 e. The van der Waals surface area contributed by atoms with E-state index < -0.39 is 0 Å². The van der Waals surface area contributed by atoms with E-state index in [1.165, 1.54) is 30.5 Å². The van der Waals surface area contributed by atoms with Gasteiger partial charge in [-0.1, -0.05) is 36.4 Å². The molecule has 2 aliphatic heterocycles. The number of hydrogen-bond donors (Lipinski definition) is 0. The highest BCUT2D eigenvalue weighted by Crippen LogP contribution is 2.35. The molecule has 5 rings (SSSR count). The third-order valence-electron chi connectivity index (χ3n) is 5.86. The van der Waals surface area contributed by atoms with Crippen molar-refractivity contribution in [3.63, 3.8) is 0 Å². The summed E-state index contributed by atoms with van der Waals surface area (Å²) in [7, 11) is 0. The van der Waals surface area contributed by atoms with E-state index >= 15 is 0 Å². The normalized spacial score (nSPS) is 19.9. The second-order valence-corrected chi connectivity index (χ2v) is 7.64. The van der Waals surface area contributed by atoms with E-state index in [1.54, 1.807) is 11.1 Å². The van der Waals surface area contributed by atoms with Crippen LogP contribution >= 0.6 is 0 Å². The molecule has 0 spiro atoms. The summed E-state index contributed by atoms with van der Waals surface area (Å²) < 4.78 is 11.4. The van der Waals surface area contributed by atoms with Gasteiger partial charge in [0.2, 0.25) is 0 Å². The molecule has 0 aromatic heterocycles. The summed E-state index contributed by atoms with van der Waals surface area (Å²) in [4.78, 5) is 2.61. The van der Waals surface area contributed by atoms with Gasteiger partial charge in [-0.15, -0.1) is 0 Å². The van der Waals surface area contributed by atoms with Crippen molar-refractivity contribution in [2.75, 3.05) is 32.8 Å². The fourth-order valence-corrected chi connectivity index (χ4v) is 4.53. The SMILES string of the molecule is C1=C(c2ccc3c(c2)OCCO3)CCN(CC2Cc3ccccc3C2)C1. The Balaban J connectivity index is 1.22. The lowest BCUT2D eigenvalue weighted by Crippen LogP contribution is -2.33. The zero-order chi connectivity index (χ0) is 17.3. The minimum absolute atomic E-state index is 0.646. The second kappa shape index (κ2) is 6.81. The highest BCUT2D eigenvalue weighted by Gasteiger charge is 2.24. The van der Waals surface area contributed by atoms with E-state index in [0.29, 0.717) is 13.2 Å². The molecule has 0 unspecified atom stereocenters. The highest BCUT2D eigenvalue weighted by molar-refractivity contribution is 5.69. The zero-order valence-electron chi connectivity index (χ0n) is 15.1. The molecule has 0 atom stereocenters. The van der Waals surface area contributed by atoms with Gasteiger partial charge in [-0.25, -0.2) is 0 Å². The first-order chi connectivity index (χ1) is 12.8. The van der Waals surface area contributed by atoms with Crippen molar-refractivity contribution < 1.29 is 9.47 Å². The topological polar surface area (TPSA) is 21.7 Å². The molecule has 1 aliphatic carbocycles. The Kier molecular flexibility index (Phi) is 4.18. The van der Waals surface area contributed by atoms with Crippen LogP contribution in [0.2, 0.25) is 0 Å². The predicted molar refractivity (Wildman–Crippen MR) is 104 cm³/mol. The molecule has 0 radical (unpaired) electrons. The molecule has 3 heteroatoms. The predicted octanol–water partition coefficient (Wildman–Crippen LogP) is 3.96. The molecule has 0 amide bonds. The smallest absolute Gasteiger partial charge is 0.161 e. The van der Waals surface area contributed by atoms with Gasteiger partial charge in [0.15, 0.2) is 11.5 Å². The molecular weight excluding hydrogens is 322 g/mol. The number of hydrogen-bond acceptors (Lipinski definition) is 3. The zero-order valence-corrected chi connectivity index (χ0v) is 15.1. The van der Waals surface area contributed by atoms with Gasteiger partial charge >= 0.3 is 0 Å². The Morgan fingerprint density at radius 2 is 1.69 bits per heavy atom. The Morgan fingerprint density at radius 1 is 0.923 bits per heavy atom. The van der Waals surface area contributed by atoms with Gasteiger partial charge in [0.05, 0.1) is 0 Å². The summed E-state index contributed by atoms with van der Waals surface area (Å²) in [5.41, 5.74) is 5.83. The summed E-state index contributed by atoms with van der Waals surface area (Å²) in [6.45, 7) is 4.70. The summed E-state index contributed by atoms with van der Waals surface area (Å²) in [6.07, 6.45) is 5.99. The van der Waals surface area contributed by atoms with Crippen molar-refractivity contribution in [2.24, 2.45) is 5.92 Å². The average molecular weight is 347 g/mol. The molecule has 134 valence electrons. The van der Waals surface area contributed by atoms with Gasteiger partial charge in [0, 0.05) is 19.6 Å². The molecule has 0 fully saturated rings. The molecule has 0 saturated carbocycles. The van der Waals surface area contributed by atoms with Crippen LogP contribution in [0.25, 0.3) is 5.57 Å². The van der Waals surface area contributed by atoms with Crippen molar-refractivity contribution in [3.8, 4) is 11.5 Å². The van der Waals surface area contributed by atoms with Crippen LogP contribution in [0.3, 0.4) is 0 Å². The maximum atomic E-state index is 5.73. The van der Waals surface area contributed by atoms with Crippen LogP contribution in [0.5, 0.6) is 11.5 Å². The second-order valence-electron chi connectivity index (χ2n) is 7.64. The molecule has 2 aromatic rings. The maximum absolute atomic E-state index is 5.73. The average Bonchev–Trinajstić information content (AvgIpc) is 3.10. The van der Waals surface area contributed by atoms with Gasteiger partial charge in [0.1, 0.15) is 13.2 Å². The van der Waals surface area contributed by atoms with E-state index in [-0.39, 0.29) is 0 Å². The number of nitrogens with zero attached hydrogens (tertiary/aromatic N) is 1. The van der Waals surface area contributed by atoms with E-state index in [1.807, 2.05) is 6.07 Å².